The van der Waals surface area contributed by atoms with Gasteiger partial charge in [-0.25, -0.2) is 0 Å². The normalized spacial score (nSPS) is 20.7. The predicted octanol–water partition coefficient (Wildman–Crippen LogP) is 3.17. The van der Waals surface area contributed by atoms with Gasteiger partial charge in [-0.05, 0) is 49.8 Å². The molecule has 164 valence electrons. The summed E-state index contributed by atoms with van der Waals surface area (Å²) in [6, 6.07) is 7.85. The zero-order valence-electron chi connectivity index (χ0n) is 18.0. The minimum absolute atomic E-state index is 0.0860. The van der Waals surface area contributed by atoms with E-state index in [2.05, 4.69) is 39.3 Å². The SMILES string of the molecule is CCc1ccc(NC(=O)[C@H]2CC(=O)Nc3nc(N4CCCC[C@H]4CC)[nH]c(=O)c32)cc1. The number of benzene rings is 1. The molecule has 8 nitrogen and oxygen atoms in total. The van der Waals surface area contributed by atoms with Crippen molar-refractivity contribution in [1.29, 1.82) is 0 Å². The van der Waals surface area contributed by atoms with Gasteiger partial charge in [0.2, 0.25) is 17.8 Å². The smallest absolute Gasteiger partial charge is 0.258 e. The molecule has 31 heavy (non-hydrogen) atoms. The second-order valence-corrected chi connectivity index (χ2v) is 8.25. The lowest BCUT2D eigenvalue weighted by Gasteiger charge is -2.36. The van der Waals surface area contributed by atoms with Crippen molar-refractivity contribution in [2.24, 2.45) is 0 Å². The highest BCUT2D eigenvalue weighted by molar-refractivity contribution is 6.04. The third kappa shape index (κ3) is 4.33. The van der Waals surface area contributed by atoms with Crippen molar-refractivity contribution in [3.05, 3.63) is 45.7 Å². The fraction of sp³-hybridized carbons (Fsp3) is 0.478. The number of amides is 2. The van der Waals surface area contributed by atoms with Crippen LogP contribution in [0.5, 0.6) is 0 Å². The Labute approximate surface area is 181 Å². The summed E-state index contributed by atoms with van der Waals surface area (Å²) >= 11 is 0. The molecular weight excluding hydrogens is 394 g/mol. The standard InChI is InChI=1S/C23H29N5O3/c1-3-14-8-10-15(11-9-14)24-21(30)17-13-18(29)25-20-19(17)22(31)27-23(26-20)28-12-6-5-7-16(28)4-2/h8-11,16-17H,3-7,12-13H2,1-2H3,(H,24,30)(H2,25,26,27,29,31)/t16-,17+/m1/s1. The maximum atomic E-state index is 13.0. The highest BCUT2D eigenvalue weighted by Crippen LogP contribution is 2.31. The molecule has 8 heteroatoms. The molecule has 2 aromatic rings. The summed E-state index contributed by atoms with van der Waals surface area (Å²) in [5, 5.41) is 5.54. The van der Waals surface area contributed by atoms with E-state index in [1.807, 2.05) is 24.3 Å². The van der Waals surface area contributed by atoms with Crippen molar-refractivity contribution < 1.29 is 9.59 Å². The van der Waals surface area contributed by atoms with Gasteiger partial charge in [0.05, 0.1) is 11.5 Å². The van der Waals surface area contributed by atoms with Crippen molar-refractivity contribution >= 4 is 29.3 Å². The van der Waals surface area contributed by atoms with Crippen LogP contribution in [0, 0.1) is 0 Å². The van der Waals surface area contributed by atoms with Crippen molar-refractivity contribution in [3.8, 4) is 0 Å². The maximum Gasteiger partial charge on any atom is 0.258 e. The van der Waals surface area contributed by atoms with Gasteiger partial charge in [0.25, 0.3) is 5.56 Å². The fourth-order valence-electron chi connectivity index (χ4n) is 4.48. The molecule has 2 amide bonds. The summed E-state index contributed by atoms with van der Waals surface area (Å²) in [7, 11) is 0. The lowest BCUT2D eigenvalue weighted by Crippen LogP contribution is -2.43. The number of H-pyrrole nitrogens is 1. The van der Waals surface area contributed by atoms with E-state index in [1.54, 1.807) is 0 Å². The number of carbonyl (C=O) groups excluding carboxylic acids is 2. The molecule has 0 aliphatic carbocycles. The van der Waals surface area contributed by atoms with Crippen molar-refractivity contribution in [2.75, 3.05) is 22.1 Å². The molecule has 2 atom stereocenters. The highest BCUT2D eigenvalue weighted by Gasteiger charge is 2.35. The number of nitrogens with zero attached hydrogens (tertiary/aromatic N) is 2. The minimum Gasteiger partial charge on any atom is -0.339 e. The number of carbonyl (C=O) groups is 2. The quantitative estimate of drug-likeness (QED) is 0.685. The molecule has 0 spiro atoms. The van der Waals surface area contributed by atoms with Gasteiger partial charge in [-0.1, -0.05) is 26.0 Å². The van der Waals surface area contributed by atoms with Gasteiger partial charge >= 0.3 is 0 Å². The zero-order chi connectivity index (χ0) is 22.0. The molecule has 2 aliphatic rings. The van der Waals surface area contributed by atoms with Crippen LogP contribution < -0.4 is 21.1 Å². The van der Waals surface area contributed by atoms with Crippen LogP contribution in [0.3, 0.4) is 0 Å². The van der Waals surface area contributed by atoms with E-state index in [0.717, 1.165) is 44.2 Å². The van der Waals surface area contributed by atoms with E-state index in [9.17, 15) is 14.4 Å². The molecule has 1 aromatic carbocycles. The average Bonchev–Trinajstić information content (AvgIpc) is 2.78. The van der Waals surface area contributed by atoms with Gasteiger partial charge in [0.15, 0.2) is 0 Å². The van der Waals surface area contributed by atoms with E-state index in [4.69, 9.17) is 0 Å². The first-order valence-electron chi connectivity index (χ1n) is 11.1. The Morgan fingerprint density at radius 2 is 1.97 bits per heavy atom. The molecule has 1 saturated heterocycles. The first-order chi connectivity index (χ1) is 15.0. The monoisotopic (exact) mass is 423 g/mol. The topological polar surface area (TPSA) is 107 Å². The Kier molecular flexibility index (Phi) is 6.06. The van der Waals surface area contributed by atoms with Crippen LogP contribution in [-0.2, 0) is 16.0 Å². The number of aromatic nitrogens is 2. The molecule has 1 aromatic heterocycles. The first-order valence-corrected chi connectivity index (χ1v) is 11.1. The summed E-state index contributed by atoms with van der Waals surface area (Å²) in [4.78, 5) is 47.9. The van der Waals surface area contributed by atoms with Crippen LogP contribution in [0.4, 0.5) is 17.5 Å². The Morgan fingerprint density at radius 3 is 2.68 bits per heavy atom. The van der Waals surface area contributed by atoms with E-state index in [1.165, 1.54) is 0 Å². The molecule has 3 N–H and O–H groups in total. The van der Waals surface area contributed by atoms with E-state index >= 15 is 0 Å². The summed E-state index contributed by atoms with van der Waals surface area (Å²) < 4.78 is 0. The third-order valence-electron chi connectivity index (χ3n) is 6.26. The zero-order valence-corrected chi connectivity index (χ0v) is 18.0. The van der Waals surface area contributed by atoms with Gasteiger partial charge in [0.1, 0.15) is 5.82 Å². The van der Waals surface area contributed by atoms with Crippen molar-refractivity contribution in [3.63, 3.8) is 0 Å². The number of aromatic amines is 1. The average molecular weight is 424 g/mol. The summed E-state index contributed by atoms with van der Waals surface area (Å²) in [6.45, 7) is 4.99. The van der Waals surface area contributed by atoms with Crippen molar-refractivity contribution in [1.82, 2.24) is 9.97 Å². The summed E-state index contributed by atoms with van der Waals surface area (Å²) in [5.74, 6) is -0.930. The Morgan fingerprint density at radius 1 is 1.19 bits per heavy atom. The summed E-state index contributed by atoms with van der Waals surface area (Å²) in [6.07, 6.45) is 5.01. The number of hydrogen-bond donors (Lipinski definition) is 3. The number of hydrogen-bond acceptors (Lipinski definition) is 5. The number of nitrogens with one attached hydrogen (secondary N) is 3. The number of fused-ring (bicyclic) bond motifs is 1. The van der Waals surface area contributed by atoms with Crippen LogP contribution in [0.1, 0.15) is 63.0 Å². The number of aryl methyl sites for hydroxylation is 1. The minimum atomic E-state index is -0.886. The predicted molar refractivity (Wildman–Crippen MR) is 121 cm³/mol. The number of anilines is 3. The molecule has 4 rings (SSSR count). The number of rotatable bonds is 5. The highest BCUT2D eigenvalue weighted by atomic mass is 16.2. The van der Waals surface area contributed by atoms with Gasteiger partial charge in [-0.2, -0.15) is 4.98 Å². The van der Waals surface area contributed by atoms with Crippen LogP contribution in [-0.4, -0.2) is 34.4 Å². The largest absolute Gasteiger partial charge is 0.339 e. The molecule has 2 aliphatic heterocycles. The van der Waals surface area contributed by atoms with Crippen molar-refractivity contribution in [2.45, 2.75) is 64.3 Å². The van der Waals surface area contributed by atoms with Gasteiger partial charge in [-0.3, -0.25) is 19.4 Å². The Balaban J connectivity index is 1.63. The molecule has 0 bridgehead atoms. The van der Waals surface area contributed by atoms with Gasteiger partial charge < -0.3 is 15.5 Å². The lowest BCUT2D eigenvalue weighted by molar-refractivity contribution is -0.123. The van der Waals surface area contributed by atoms with E-state index in [0.29, 0.717) is 17.7 Å². The van der Waals surface area contributed by atoms with E-state index < -0.39 is 5.92 Å². The van der Waals surface area contributed by atoms with Gasteiger partial charge in [0, 0.05) is 24.7 Å². The fourth-order valence-corrected chi connectivity index (χ4v) is 4.48. The molecule has 0 saturated carbocycles. The lowest BCUT2D eigenvalue weighted by atomic mass is 9.92. The van der Waals surface area contributed by atoms with Crippen LogP contribution >= 0.6 is 0 Å². The first kappa shape index (κ1) is 21.1. The molecular formula is C23H29N5O3. The second-order valence-electron chi connectivity index (χ2n) is 8.25. The van der Waals surface area contributed by atoms with Gasteiger partial charge in [-0.15, -0.1) is 0 Å². The van der Waals surface area contributed by atoms with E-state index in [-0.39, 0.29) is 35.2 Å². The maximum absolute atomic E-state index is 13.0. The van der Waals surface area contributed by atoms with Crippen LogP contribution in [0.25, 0.3) is 0 Å². The second kappa shape index (κ2) is 8.91. The molecule has 1 fully saturated rings. The third-order valence-corrected chi connectivity index (χ3v) is 6.26. The summed E-state index contributed by atoms with van der Waals surface area (Å²) in [5.41, 5.74) is 1.64. The Hall–Kier alpha value is -3.16. The molecule has 3 heterocycles. The van der Waals surface area contributed by atoms with Crippen LogP contribution in [0.2, 0.25) is 0 Å². The Bertz CT molecular complexity index is 1030. The molecule has 0 radical (unpaired) electrons. The number of piperidine rings is 1. The molecule has 0 unspecified atom stereocenters. The van der Waals surface area contributed by atoms with Crippen LogP contribution in [0.15, 0.2) is 29.1 Å².